The van der Waals surface area contributed by atoms with E-state index in [4.69, 9.17) is 18.6 Å². The maximum atomic E-state index is 12.6. The second-order valence-corrected chi connectivity index (χ2v) is 6.40. The van der Waals surface area contributed by atoms with Crippen molar-refractivity contribution in [3.8, 4) is 11.5 Å². The summed E-state index contributed by atoms with van der Waals surface area (Å²) in [5.74, 6) is -0.806. The van der Waals surface area contributed by atoms with Crippen molar-refractivity contribution < 1.29 is 28.3 Å². The first-order valence-electron chi connectivity index (χ1n) is 8.89. The highest BCUT2D eigenvalue weighted by Gasteiger charge is 2.27. The zero-order chi connectivity index (χ0) is 21.8. The third-order valence-electron chi connectivity index (χ3n) is 4.74. The normalized spacial score (nSPS) is 11.7. The maximum Gasteiger partial charge on any atom is 0.336 e. The van der Waals surface area contributed by atoms with Crippen LogP contribution in [0.1, 0.15) is 17.0 Å². The van der Waals surface area contributed by atoms with Crippen LogP contribution in [0.2, 0.25) is 0 Å². The standard InChI is InChI=1S/C21H19NO8/c1-27-17-9-8-14-15(11-18(23)30-19(14)20(17)28-2)16(21(24)29-3)10-12-4-6-13(7-5-12)22(25)26/h4-9,11,16H,10H2,1-3H3/t16-/m1/s1. The maximum absolute atomic E-state index is 12.6. The number of nitro groups is 1. The van der Waals surface area contributed by atoms with Crippen LogP contribution in [0.4, 0.5) is 5.69 Å². The molecule has 0 bridgehead atoms. The molecule has 0 aliphatic heterocycles. The lowest BCUT2D eigenvalue weighted by atomic mass is 9.90. The first-order valence-corrected chi connectivity index (χ1v) is 8.89. The molecule has 1 atom stereocenters. The molecule has 3 rings (SSSR count). The van der Waals surface area contributed by atoms with Gasteiger partial charge in [-0.15, -0.1) is 0 Å². The largest absolute Gasteiger partial charge is 0.493 e. The molecule has 0 aliphatic carbocycles. The van der Waals surface area contributed by atoms with Crippen molar-refractivity contribution in [2.24, 2.45) is 0 Å². The van der Waals surface area contributed by atoms with Crippen LogP contribution in [-0.4, -0.2) is 32.2 Å². The zero-order valence-electron chi connectivity index (χ0n) is 16.5. The fraction of sp³-hybridized carbons (Fsp3) is 0.238. The Bertz CT molecular complexity index is 1150. The molecule has 1 aromatic heterocycles. The van der Waals surface area contributed by atoms with Crippen molar-refractivity contribution in [1.29, 1.82) is 0 Å². The number of hydrogen-bond acceptors (Lipinski definition) is 8. The number of non-ortho nitro benzene ring substituents is 1. The van der Waals surface area contributed by atoms with Gasteiger partial charge in [-0.05, 0) is 29.7 Å². The molecule has 0 N–H and O–H groups in total. The Morgan fingerprint density at radius 2 is 1.80 bits per heavy atom. The average molecular weight is 413 g/mol. The van der Waals surface area contributed by atoms with Crippen LogP contribution in [0.25, 0.3) is 11.0 Å². The Morgan fingerprint density at radius 3 is 2.37 bits per heavy atom. The molecule has 9 nitrogen and oxygen atoms in total. The number of carbonyl (C=O) groups is 1. The van der Waals surface area contributed by atoms with Crippen LogP contribution >= 0.6 is 0 Å². The summed E-state index contributed by atoms with van der Waals surface area (Å²) in [5.41, 5.74) is 0.486. The van der Waals surface area contributed by atoms with Gasteiger partial charge in [-0.1, -0.05) is 12.1 Å². The predicted octanol–water partition coefficient (Wildman–Crippen LogP) is 3.22. The van der Waals surface area contributed by atoms with E-state index in [1.54, 1.807) is 24.3 Å². The highest BCUT2D eigenvalue weighted by Crippen LogP contribution is 2.38. The van der Waals surface area contributed by atoms with Crippen LogP contribution in [0.3, 0.4) is 0 Å². The fourth-order valence-corrected chi connectivity index (χ4v) is 3.30. The number of benzene rings is 2. The molecule has 3 aromatic rings. The summed E-state index contributed by atoms with van der Waals surface area (Å²) >= 11 is 0. The molecule has 156 valence electrons. The van der Waals surface area contributed by atoms with E-state index in [-0.39, 0.29) is 23.4 Å². The number of methoxy groups -OCH3 is 3. The summed E-state index contributed by atoms with van der Waals surface area (Å²) in [5, 5.41) is 11.4. The second kappa shape index (κ2) is 8.64. The molecule has 9 heteroatoms. The molecular formula is C21H19NO8. The lowest BCUT2D eigenvalue weighted by Crippen LogP contribution is -2.19. The van der Waals surface area contributed by atoms with E-state index >= 15 is 0 Å². The number of esters is 1. The molecular weight excluding hydrogens is 394 g/mol. The van der Waals surface area contributed by atoms with Gasteiger partial charge in [-0.3, -0.25) is 14.9 Å². The van der Waals surface area contributed by atoms with Gasteiger partial charge in [0.25, 0.3) is 5.69 Å². The van der Waals surface area contributed by atoms with E-state index in [9.17, 15) is 19.7 Å². The number of fused-ring (bicyclic) bond motifs is 1. The molecule has 2 aromatic carbocycles. The number of rotatable bonds is 7. The van der Waals surface area contributed by atoms with Crippen molar-refractivity contribution in [1.82, 2.24) is 0 Å². The van der Waals surface area contributed by atoms with Crippen LogP contribution in [0.5, 0.6) is 11.5 Å². The van der Waals surface area contributed by atoms with Gasteiger partial charge < -0.3 is 18.6 Å². The van der Waals surface area contributed by atoms with Gasteiger partial charge in [0.05, 0.1) is 32.2 Å². The van der Waals surface area contributed by atoms with Gasteiger partial charge in [-0.2, -0.15) is 0 Å². The number of carbonyl (C=O) groups excluding carboxylic acids is 1. The predicted molar refractivity (Wildman–Crippen MR) is 107 cm³/mol. The molecule has 0 unspecified atom stereocenters. The lowest BCUT2D eigenvalue weighted by Gasteiger charge is -2.18. The van der Waals surface area contributed by atoms with E-state index in [0.717, 1.165) is 0 Å². The van der Waals surface area contributed by atoms with Gasteiger partial charge in [0, 0.05) is 23.6 Å². The van der Waals surface area contributed by atoms with Gasteiger partial charge in [0.2, 0.25) is 5.75 Å². The highest BCUT2D eigenvalue weighted by molar-refractivity contribution is 5.92. The van der Waals surface area contributed by atoms with Crippen LogP contribution in [0.15, 0.2) is 51.7 Å². The number of ether oxygens (including phenoxy) is 3. The van der Waals surface area contributed by atoms with Crippen molar-refractivity contribution in [3.63, 3.8) is 0 Å². The Kier molecular flexibility index (Phi) is 6.01. The smallest absolute Gasteiger partial charge is 0.336 e. The van der Waals surface area contributed by atoms with E-state index in [2.05, 4.69) is 0 Å². The zero-order valence-corrected chi connectivity index (χ0v) is 16.5. The van der Waals surface area contributed by atoms with E-state index in [1.165, 1.54) is 39.5 Å². The average Bonchev–Trinajstić information content (AvgIpc) is 2.75. The summed E-state index contributed by atoms with van der Waals surface area (Å²) in [6.07, 6.45) is 0.164. The topological polar surface area (TPSA) is 118 Å². The van der Waals surface area contributed by atoms with E-state index < -0.39 is 22.4 Å². The Hall–Kier alpha value is -3.88. The molecule has 0 spiro atoms. The van der Waals surface area contributed by atoms with Gasteiger partial charge in [0.1, 0.15) is 0 Å². The molecule has 0 aliphatic rings. The molecule has 0 saturated carbocycles. The summed E-state index contributed by atoms with van der Waals surface area (Å²) < 4.78 is 20.9. The van der Waals surface area contributed by atoms with E-state index in [1.807, 2.05) is 0 Å². The minimum atomic E-state index is -0.846. The summed E-state index contributed by atoms with van der Waals surface area (Å²) in [7, 11) is 4.12. The fourth-order valence-electron chi connectivity index (χ4n) is 3.30. The molecule has 0 radical (unpaired) electrons. The third kappa shape index (κ3) is 3.95. The third-order valence-corrected chi connectivity index (χ3v) is 4.74. The van der Waals surface area contributed by atoms with Crippen LogP contribution in [-0.2, 0) is 16.0 Å². The first kappa shape index (κ1) is 20.8. The summed E-state index contributed by atoms with van der Waals surface area (Å²) in [4.78, 5) is 35.2. The van der Waals surface area contributed by atoms with Gasteiger partial charge >= 0.3 is 11.6 Å². The van der Waals surface area contributed by atoms with Crippen LogP contribution < -0.4 is 15.1 Å². The monoisotopic (exact) mass is 413 g/mol. The SMILES string of the molecule is COC(=O)[C@H](Cc1ccc([N+](=O)[O-])cc1)c1cc(=O)oc2c(OC)c(OC)ccc12. The summed E-state index contributed by atoms with van der Waals surface area (Å²) in [6, 6.07) is 10.4. The van der Waals surface area contributed by atoms with Crippen molar-refractivity contribution in [2.45, 2.75) is 12.3 Å². The number of nitrogens with zero attached hydrogens (tertiary/aromatic N) is 1. The Balaban J connectivity index is 2.15. The Morgan fingerprint density at radius 1 is 1.10 bits per heavy atom. The second-order valence-electron chi connectivity index (χ2n) is 6.40. The van der Waals surface area contributed by atoms with Gasteiger partial charge in [-0.25, -0.2) is 4.79 Å². The van der Waals surface area contributed by atoms with E-state index in [0.29, 0.717) is 22.3 Å². The van der Waals surface area contributed by atoms with Crippen molar-refractivity contribution >= 4 is 22.6 Å². The Labute approximate surface area is 170 Å². The molecule has 0 amide bonds. The molecule has 30 heavy (non-hydrogen) atoms. The van der Waals surface area contributed by atoms with Crippen LogP contribution in [0, 0.1) is 10.1 Å². The quantitative estimate of drug-likeness (QED) is 0.251. The summed E-state index contributed by atoms with van der Waals surface area (Å²) in [6.45, 7) is 0. The number of nitro benzene ring substituents is 1. The number of hydrogen-bond donors (Lipinski definition) is 0. The van der Waals surface area contributed by atoms with Gasteiger partial charge in [0.15, 0.2) is 11.3 Å². The molecule has 0 fully saturated rings. The first-order chi connectivity index (χ1) is 14.4. The van der Waals surface area contributed by atoms with Crippen molar-refractivity contribution in [2.75, 3.05) is 21.3 Å². The minimum Gasteiger partial charge on any atom is -0.493 e. The molecule has 1 heterocycles. The van der Waals surface area contributed by atoms with Crippen molar-refractivity contribution in [3.05, 3.63) is 74.1 Å². The minimum absolute atomic E-state index is 0.0593. The molecule has 0 saturated heterocycles. The lowest BCUT2D eigenvalue weighted by molar-refractivity contribution is -0.384. The highest BCUT2D eigenvalue weighted by atomic mass is 16.6.